The number of nitrogens with one attached hydrogen (secondary N) is 1. The van der Waals surface area contributed by atoms with Gasteiger partial charge in [-0.05, 0) is 39.6 Å². The SMILES string of the molecule is Cc1cc(C)n2ncc(C(=O)N[C@H](CN(C)C)c3ccccc3)c2n1. The second kappa shape index (κ2) is 7.03. The van der Waals surface area contributed by atoms with Crippen molar-refractivity contribution in [2.75, 3.05) is 20.6 Å². The summed E-state index contributed by atoms with van der Waals surface area (Å²) < 4.78 is 1.70. The maximum absolute atomic E-state index is 12.9. The van der Waals surface area contributed by atoms with Gasteiger partial charge < -0.3 is 10.2 Å². The summed E-state index contributed by atoms with van der Waals surface area (Å²) in [5, 5.41) is 7.43. The number of benzene rings is 1. The summed E-state index contributed by atoms with van der Waals surface area (Å²) in [6.45, 7) is 4.58. The number of aromatic nitrogens is 3. The van der Waals surface area contributed by atoms with E-state index in [-0.39, 0.29) is 11.9 Å². The highest BCUT2D eigenvalue weighted by atomic mass is 16.1. The van der Waals surface area contributed by atoms with Gasteiger partial charge in [-0.2, -0.15) is 5.10 Å². The molecule has 1 N–H and O–H groups in total. The zero-order valence-electron chi connectivity index (χ0n) is 15.0. The van der Waals surface area contributed by atoms with Gasteiger partial charge in [-0.15, -0.1) is 0 Å². The molecule has 0 fully saturated rings. The quantitative estimate of drug-likeness (QED) is 0.776. The van der Waals surface area contributed by atoms with Crippen LogP contribution in [-0.2, 0) is 0 Å². The van der Waals surface area contributed by atoms with Crippen molar-refractivity contribution in [2.24, 2.45) is 0 Å². The maximum atomic E-state index is 12.9. The lowest BCUT2D eigenvalue weighted by atomic mass is 10.1. The molecule has 6 nitrogen and oxygen atoms in total. The minimum Gasteiger partial charge on any atom is -0.344 e. The van der Waals surface area contributed by atoms with E-state index in [1.54, 1.807) is 10.7 Å². The Bertz CT molecular complexity index is 885. The molecule has 0 saturated carbocycles. The molecule has 1 amide bonds. The zero-order valence-corrected chi connectivity index (χ0v) is 15.0. The van der Waals surface area contributed by atoms with Crippen LogP contribution < -0.4 is 5.32 Å². The summed E-state index contributed by atoms with van der Waals surface area (Å²) >= 11 is 0. The Morgan fingerprint density at radius 3 is 2.64 bits per heavy atom. The molecule has 0 aliphatic heterocycles. The monoisotopic (exact) mass is 337 g/mol. The molecule has 0 unspecified atom stereocenters. The number of carbonyl (C=O) groups is 1. The molecule has 0 saturated heterocycles. The molecule has 0 aliphatic carbocycles. The topological polar surface area (TPSA) is 62.5 Å². The van der Waals surface area contributed by atoms with Crippen LogP contribution in [0.2, 0.25) is 0 Å². The van der Waals surface area contributed by atoms with Crippen LogP contribution in [0.15, 0.2) is 42.6 Å². The van der Waals surface area contributed by atoms with Crippen molar-refractivity contribution in [1.29, 1.82) is 0 Å². The first-order valence-electron chi connectivity index (χ1n) is 8.28. The molecule has 25 heavy (non-hydrogen) atoms. The van der Waals surface area contributed by atoms with Crippen LogP contribution in [0.3, 0.4) is 0 Å². The lowest BCUT2D eigenvalue weighted by Crippen LogP contribution is -2.35. The molecule has 0 aliphatic rings. The number of amides is 1. The first kappa shape index (κ1) is 17.1. The van der Waals surface area contributed by atoms with E-state index >= 15 is 0 Å². The van der Waals surface area contributed by atoms with Crippen LogP contribution in [-0.4, -0.2) is 46.0 Å². The van der Waals surface area contributed by atoms with Crippen LogP contribution in [0.4, 0.5) is 0 Å². The second-order valence-corrected chi connectivity index (χ2v) is 6.53. The lowest BCUT2D eigenvalue weighted by molar-refractivity contribution is 0.0931. The molecule has 0 bridgehead atoms. The van der Waals surface area contributed by atoms with Gasteiger partial charge in [-0.1, -0.05) is 30.3 Å². The third kappa shape index (κ3) is 3.69. The first-order chi connectivity index (χ1) is 12.0. The number of carbonyl (C=O) groups excluding carboxylic acids is 1. The molecule has 3 rings (SSSR count). The average molecular weight is 337 g/mol. The van der Waals surface area contributed by atoms with Gasteiger partial charge in [-0.3, -0.25) is 4.79 Å². The molecule has 130 valence electrons. The zero-order chi connectivity index (χ0) is 18.0. The molecule has 1 atom stereocenters. The van der Waals surface area contributed by atoms with E-state index in [0.29, 0.717) is 17.8 Å². The minimum absolute atomic E-state index is 0.107. The highest BCUT2D eigenvalue weighted by molar-refractivity contribution is 5.99. The first-order valence-corrected chi connectivity index (χ1v) is 8.28. The van der Waals surface area contributed by atoms with Crippen LogP contribution >= 0.6 is 0 Å². The lowest BCUT2D eigenvalue weighted by Gasteiger charge is -2.22. The van der Waals surface area contributed by atoms with Gasteiger partial charge in [0.05, 0.1) is 12.2 Å². The number of hydrogen-bond acceptors (Lipinski definition) is 4. The fraction of sp³-hybridized carbons (Fsp3) is 0.316. The summed E-state index contributed by atoms with van der Waals surface area (Å²) in [5.74, 6) is -0.164. The van der Waals surface area contributed by atoms with Gasteiger partial charge >= 0.3 is 0 Å². The van der Waals surface area contributed by atoms with Crippen molar-refractivity contribution in [1.82, 2.24) is 24.8 Å². The van der Waals surface area contributed by atoms with Crippen molar-refractivity contribution < 1.29 is 4.79 Å². The molecule has 0 radical (unpaired) electrons. The second-order valence-electron chi connectivity index (χ2n) is 6.53. The van der Waals surface area contributed by atoms with E-state index in [9.17, 15) is 4.79 Å². The molecule has 2 aromatic heterocycles. The fourth-order valence-electron chi connectivity index (χ4n) is 2.95. The fourth-order valence-corrected chi connectivity index (χ4v) is 2.95. The Morgan fingerprint density at radius 1 is 1.24 bits per heavy atom. The van der Waals surface area contributed by atoms with Gasteiger partial charge in [-0.25, -0.2) is 9.50 Å². The Kier molecular flexibility index (Phi) is 4.81. The van der Waals surface area contributed by atoms with E-state index in [2.05, 4.69) is 20.3 Å². The molecule has 6 heteroatoms. The Balaban J connectivity index is 1.92. The summed E-state index contributed by atoms with van der Waals surface area (Å²) in [5.41, 5.74) is 3.97. The molecule has 2 heterocycles. The van der Waals surface area contributed by atoms with Gasteiger partial charge in [0.1, 0.15) is 5.56 Å². The number of aryl methyl sites for hydroxylation is 2. The number of hydrogen-bond donors (Lipinski definition) is 1. The maximum Gasteiger partial charge on any atom is 0.257 e. The number of likely N-dealkylation sites (N-methyl/N-ethyl adjacent to an activating group) is 1. The molecule has 3 aromatic rings. The smallest absolute Gasteiger partial charge is 0.257 e. The Morgan fingerprint density at radius 2 is 1.96 bits per heavy atom. The Labute approximate surface area is 147 Å². The summed E-state index contributed by atoms with van der Waals surface area (Å²) in [4.78, 5) is 19.4. The summed E-state index contributed by atoms with van der Waals surface area (Å²) in [7, 11) is 3.98. The number of fused-ring (bicyclic) bond motifs is 1. The van der Waals surface area contributed by atoms with Crippen LogP contribution in [0.25, 0.3) is 5.65 Å². The highest BCUT2D eigenvalue weighted by Gasteiger charge is 2.20. The molecular formula is C19H23N5O. The average Bonchev–Trinajstić information content (AvgIpc) is 2.98. The van der Waals surface area contributed by atoms with Gasteiger partial charge in [0.25, 0.3) is 5.91 Å². The predicted molar refractivity (Wildman–Crippen MR) is 97.7 cm³/mol. The van der Waals surface area contributed by atoms with Crippen molar-refractivity contribution >= 4 is 11.6 Å². The van der Waals surface area contributed by atoms with E-state index in [1.165, 1.54) is 0 Å². The normalized spacial score (nSPS) is 12.5. The van der Waals surface area contributed by atoms with Crippen molar-refractivity contribution in [3.05, 3.63) is 65.1 Å². The van der Waals surface area contributed by atoms with Crippen LogP contribution in [0.5, 0.6) is 0 Å². The van der Waals surface area contributed by atoms with Crippen molar-refractivity contribution in [2.45, 2.75) is 19.9 Å². The summed E-state index contributed by atoms with van der Waals surface area (Å²) in [6, 6.07) is 11.8. The number of nitrogens with zero attached hydrogens (tertiary/aromatic N) is 4. The molecule has 0 spiro atoms. The van der Waals surface area contributed by atoms with Gasteiger partial charge in [0.2, 0.25) is 0 Å². The van der Waals surface area contributed by atoms with Crippen molar-refractivity contribution in [3.63, 3.8) is 0 Å². The predicted octanol–water partition coefficient (Wildman–Crippen LogP) is 2.38. The van der Waals surface area contributed by atoms with E-state index in [0.717, 1.165) is 17.0 Å². The Hall–Kier alpha value is -2.73. The summed E-state index contributed by atoms with van der Waals surface area (Å²) in [6.07, 6.45) is 1.59. The van der Waals surface area contributed by atoms with Gasteiger partial charge in [0.15, 0.2) is 5.65 Å². The van der Waals surface area contributed by atoms with Crippen molar-refractivity contribution in [3.8, 4) is 0 Å². The molecular weight excluding hydrogens is 314 g/mol. The van der Waals surface area contributed by atoms with E-state index < -0.39 is 0 Å². The molecule has 1 aromatic carbocycles. The van der Waals surface area contributed by atoms with Gasteiger partial charge in [0, 0.05) is 17.9 Å². The van der Waals surface area contributed by atoms with Crippen LogP contribution in [0.1, 0.15) is 33.4 Å². The highest BCUT2D eigenvalue weighted by Crippen LogP contribution is 2.17. The van der Waals surface area contributed by atoms with Crippen LogP contribution in [0, 0.1) is 13.8 Å². The minimum atomic E-state index is -0.164. The third-order valence-corrected chi connectivity index (χ3v) is 4.08. The van der Waals surface area contributed by atoms with E-state index in [1.807, 2.05) is 64.3 Å². The third-order valence-electron chi connectivity index (χ3n) is 4.08. The van der Waals surface area contributed by atoms with E-state index in [4.69, 9.17) is 0 Å². The largest absolute Gasteiger partial charge is 0.344 e. The standard InChI is InChI=1S/C19H23N5O/c1-13-10-14(2)24-18(21-13)16(11-20-24)19(25)22-17(12-23(3)4)15-8-6-5-7-9-15/h5-11,17H,12H2,1-4H3,(H,22,25)/t17-/m1/s1. The number of rotatable bonds is 5.